The smallest absolute Gasteiger partial charge is 0.270 e. The van der Waals surface area contributed by atoms with Crippen molar-refractivity contribution < 1.29 is 17.9 Å². The molecule has 0 atom stereocenters. The lowest BCUT2D eigenvalue weighted by Gasteiger charge is -2.35. The van der Waals surface area contributed by atoms with E-state index in [0.717, 1.165) is 37.4 Å². The Balaban J connectivity index is 1.48. The van der Waals surface area contributed by atoms with E-state index in [1.165, 1.54) is 4.31 Å². The Morgan fingerprint density at radius 3 is 2.18 bits per heavy atom. The summed E-state index contributed by atoms with van der Waals surface area (Å²) in [5.41, 5.74) is 2.09. The third-order valence-electron chi connectivity index (χ3n) is 7.07. The van der Waals surface area contributed by atoms with Crippen LogP contribution in [0.5, 0.6) is 5.75 Å². The first-order chi connectivity index (χ1) is 15.7. The first-order valence-corrected chi connectivity index (χ1v) is 13.0. The monoisotopic (exact) mass is 474 g/mol. The lowest BCUT2D eigenvalue weighted by Crippen LogP contribution is -2.48. The summed E-state index contributed by atoms with van der Waals surface area (Å²) in [5, 5.41) is 0. The Labute approximate surface area is 196 Å². The molecule has 2 fully saturated rings. The van der Waals surface area contributed by atoms with Crippen LogP contribution >= 0.6 is 0 Å². The molecule has 1 amide bonds. The molecule has 8 nitrogen and oxygen atoms in total. The fraction of sp³-hybridized carbons (Fsp3) is 0.542. The van der Waals surface area contributed by atoms with Gasteiger partial charge in [0.05, 0.1) is 7.11 Å². The Morgan fingerprint density at radius 1 is 1.00 bits per heavy atom. The molecule has 1 aromatic heterocycles. The normalized spacial score (nSPS) is 18.5. The van der Waals surface area contributed by atoms with Crippen LogP contribution in [0.1, 0.15) is 35.9 Å². The molecule has 0 bridgehead atoms. The van der Waals surface area contributed by atoms with E-state index in [1.54, 1.807) is 31.7 Å². The Kier molecular flexibility index (Phi) is 6.72. The fourth-order valence-corrected chi connectivity index (χ4v) is 6.32. The number of hydrogen-bond donors (Lipinski definition) is 0. The van der Waals surface area contributed by atoms with Crippen LogP contribution in [0.3, 0.4) is 0 Å². The highest BCUT2D eigenvalue weighted by Gasteiger charge is 2.33. The predicted octanol–water partition coefficient (Wildman–Crippen LogP) is 2.73. The van der Waals surface area contributed by atoms with Gasteiger partial charge in [-0.15, -0.1) is 0 Å². The van der Waals surface area contributed by atoms with Crippen molar-refractivity contribution in [2.45, 2.75) is 31.6 Å². The highest BCUT2D eigenvalue weighted by molar-refractivity contribution is 7.89. The van der Waals surface area contributed by atoms with Gasteiger partial charge in [-0.1, -0.05) is 6.92 Å². The van der Waals surface area contributed by atoms with Gasteiger partial charge in [0.1, 0.15) is 16.3 Å². The zero-order chi connectivity index (χ0) is 23.8. The van der Waals surface area contributed by atoms with E-state index in [2.05, 4.69) is 11.8 Å². The van der Waals surface area contributed by atoms with Crippen molar-refractivity contribution in [1.29, 1.82) is 0 Å². The number of benzene rings is 1. The molecule has 2 saturated heterocycles. The van der Waals surface area contributed by atoms with E-state index in [1.807, 2.05) is 29.2 Å². The second-order valence-electron chi connectivity index (χ2n) is 9.10. The number of aromatic nitrogens is 1. The Hall–Kier alpha value is -2.52. The molecule has 180 valence electrons. The lowest BCUT2D eigenvalue weighted by atomic mass is 9.99. The minimum Gasteiger partial charge on any atom is -0.497 e. The number of ether oxygens (including phenoxy) is 1. The number of methoxy groups -OCH3 is 1. The molecular weight excluding hydrogens is 440 g/mol. The molecule has 9 heteroatoms. The molecule has 0 N–H and O–H groups in total. The van der Waals surface area contributed by atoms with Crippen molar-refractivity contribution in [3.05, 3.63) is 41.7 Å². The van der Waals surface area contributed by atoms with Crippen LogP contribution in [0.2, 0.25) is 0 Å². The molecule has 0 radical (unpaired) electrons. The predicted molar refractivity (Wildman–Crippen MR) is 128 cm³/mol. The van der Waals surface area contributed by atoms with Crippen molar-refractivity contribution in [2.75, 3.05) is 51.3 Å². The quantitative estimate of drug-likeness (QED) is 0.666. The summed E-state index contributed by atoms with van der Waals surface area (Å²) in [6, 6.07) is 9.37. The molecule has 33 heavy (non-hydrogen) atoms. The summed E-state index contributed by atoms with van der Waals surface area (Å²) in [6.07, 6.45) is 1.97. The zero-order valence-corrected chi connectivity index (χ0v) is 20.8. The summed E-state index contributed by atoms with van der Waals surface area (Å²) >= 11 is 0. The van der Waals surface area contributed by atoms with Crippen molar-refractivity contribution in [1.82, 2.24) is 13.8 Å². The van der Waals surface area contributed by atoms with Gasteiger partial charge in [-0.2, -0.15) is 4.31 Å². The molecule has 0 spiro atoms. The number of amides is 1. The fourth-order valence-electron chi connectivity index (χ4n) is 4.63. The van der Waals surface area contributed by atoms with Crippen LogP contribution in [-0.2, 0) is 17.1 Å². The van der Waals surface area contributed by atoms with E-state index in [0.29, 0.717) is 43.5 Å². The molecule has 0 saturated carbocycles. The number of anilines is 1. The Morgan fingerprint density at radius 2 is 1.61 bits per heavy atom. The van der Waals surface area contributed by atoms with Crippen LogP contribution < -0.4 is 9.64 Å². The number of piperidine rings is 1. The topological polar surface area (TPSA) is 75.1 Å². The number of nitrogens with zero attached hydrogens (tertiary/aromatic N) is 4. The molecule has 2 aliphatic rings. The maximum absolute atomic E-state index is 13.5. The number of likely N-dealkylation sites (tertiary alicyclic amines) is 1. The molecule has 2 aliphatic heterocycles. The molecule has 1 aromatic carbocycles. The number of sulfonamides is 1. The largest absolute Gasteiger partial charge is 0.497 e. The van der Waals surface area contributed by atoms with Gasteiger partial charge >= 0.3 is 0 Å². The standard InChI is InChI=1S/C24H34N4O4S/c1-18-9-11-27(12-10-18)24(29)22-17-23(19(2)25(22)3)33(30,31)28-15-13-26(14-16-28)20-5-7-21(32-4)8-6-20/h5-8,17-18H,9-16H2,1-4H3. The van der Waals surface area contributed by atoms with E-state index in [4.69, 9.17) is 4.74 Å². The van der Waals surface area contributed by atoms with Gasteiger partial charge in [0.2, 0.25) is 10.0 Å². The maximum Gasteiger partial charge on any atom is 0.270 e. The number of hydrogen-bond acceptors (Lipinski definition) is 5. The molecule has 0 unspecified atom stereocenters. The first-order valence-electron chi connectivity index (χ1n) is 11.6. The SMILES string of the molecule is COc1ccc(N2CCN(S(=O)(=O)c3cc(C(=O)N4CCC(C)CC4)n(C)c3C)CC2)cc1. The van der Waals surface area contributed by atoms with Crippen molar-refractivity contribution in [3.8, 4) is 5.75 Å². The summed E-state index contributed by atoms with van der Waals surface area (Å²) in [4.78, 5) is 17.4. The first kappa shape index (κ1) is 23.6. The molecule has 2 aromatic rings. The molecule has 4 rings (SSSR count). The van der Waals surface area contributed by atoms with Gasteiger partial charge < -0.3 is 19.1 Å². The van der Waals surface area contributed by atoms with E-state index >= 15 is 0 Å². The van der Waals surface area contributed by atoms with Crippen molar-refractivity contribution >= 4 is 21.6 Å². The van der Waals surface area contributed by atoms with Gasteiger partial charge in [-0.05, 0) is 56.0 Å². The van der Waals surface area contributed by atoms with Crippen LogP contribution in [0.15, 0.2) is 35.2 Å². The molecule has 0 aliphatic carbocycles. The van der Waals surface area contributed by atoms with Gasteiger partial charge in [0, 0.05) is 57.7 Å². The van der Waals surface area contributed by atoms with Gasteiger partial charge in [0.15, 0.2) is 0 Å². The van der Waals surface area contributed by atoms with E-state index in [9.17, 15) is 13.2 Å². The number of piperazine rings is 1. The molecule has 3 heterocycles. The van der Waals surface area contributed by atoms with Crippen molar-refractivity contribution in [2.24, 2.45) is 13.0 Å². The minimum absolute atomic E-state index is 0.0849. The second kappa shape index (κ2) is 9.38. The second-order valence-corrected chi connectivity index (χ2v) is 11.0. The highest BCUT2D eigenvalue weighted by Crippen LogP contribution is 2.28. The third-order valence-corrected chi connectivity index (χ3v) is 9.09. The minimum atomic E-state index is -3.69. The van der Waals surface area contributed by atoms with Crippen LogP contribution in [0.25, 0.3) is 0 Å². The lowest BCUT2D eigenvalue weighted by molar-refractivity contribution is 0.0687. The third kappa shape index (κ3) is 4.61. The summed E-state index contributed by atoms with van der Waals surface area (Å²) in [7, 11) is -0.280. The van der Waals surface area contributed by atoms with Crippen LogP contribution in [0.4, 0.5) is 5.69 Å². The van der Waals surface area contributed by atoms with Gasteiger partial charge in [0.25, 0.3) is 5.91 Å². The zero-order valence-electron chi connectivity index (χ0n) is 20.0. The van der Waals surface area contributed by atoms with Gasteiger partial charge in [-0.3, -0.25) is 4.79 Å². The summed E-state index contributed by atoms with van der Waals surface area (Å²) in [5.74, 6) is 1.33. The number of rotatable bonds is 5. The Bertz CT molecular complexity index is 1090. The maximum atomic E-state index is 13.5. The summed E-state index contributed by atoms with van der Waals surface area (Å²) < 4.78 is 35.5. The van der Waals surface area contributed by atoms with Crippen LogP contribution in [-0.4, -0.2) is 74.5 Å². The average Bonchev–Trinajstić information content (AvgIpc) is 3.14. The van der Waals surface area contributed by atoms with Crippen LogP contribution in [0, 0.1) is 12.8 Å². The summed E-state index contributed by atoms with van der Waals surface area (Å²) in [6.45, 7) is 7.43. The number of carbonyl (C=O) groups excluding carboxylic acids is 1. The highest BCUT2D eigenvalue weighted by atomic mass is 32.2. The van der Waals surface area contributed by atoms with Crippen molar-refractivity contribution in [3.63, 3.8) is 0 Å². The van der Waals surface area contributed by atoms with Gasteiger partial charge in [-0.25, -0.2) is 8.42 Å². The average molecular weight is 475 g/mol. The van der Waals surface area contributed by atoms with E-state index < -0.39 is 10.0 Å². The number of carbonyl (C=O) groups is 1. The van der Waals surface area contributed by atoms with E-state index in [-0.39, 0.29) is 10.8 Å². The molecular formula is C24H34N4O4S.